The van der Waals surface area contributed by atoms with Crippen molar-refractivity contribution >= 4 is 41.5 Å². The Bertz CT molecular complexity index is 1080. The number of nitrogens with two attached hydrogens (primary N) is 2. The van der Waals surface area contributed by atoms with E-state index in [1.807, 2.05) is 5.32 Å². The molecule has 4 atom stereocenters. The average molecular weight is 554 g/mol. The molecule has 4 amide bonds. The Balaban J connectivity index is 3.01. The molecule has 0 saturated carbocycles. The predicted molar refractivity (Wildman–Crippen MR) is 131 cm³/mol. The van der Waals surface area contributed by atoms with Crippen LogP contribution in [0.3, 0.4) is 0 Å². The van der Waals surface area contributed by atoms with Crippen molar-refractivity contribution in [3.63, 3.8) is 0 Å². The molecule has 0 fully saturated rings. The van der Waals surface area contributed by atoms with E-state index in [4.69, 9.17) is 21.7 Å². The highest BCUT2D eigenvalue weighted by molar-refractivity contribution is 5.96. The number of hydrogen-bond acceptors (Lipinski definition) is 9. The van der Waals surface area contributed by atoms with Gasteiger partial charge in [-0.25, -0.2) is 4.79 Å². The van der Waals surface area contributed by atoms with Crippen LogP contribution in [0.5, 0.6) is 5.75 Å². The van der Waals surface area contributed by atoms with Crippen molar-refractivity contribution in [1.29, 1.82) is 0 Å². The molecule has 0 radical (unpaired) electrons. The number of phenolic OH excluding ortho intramolecular Hbond substituents is 1. The van der Waals surface area contributed by atoms with Crippen molar-refractivity contribution in [2.75, 3.05) is 0 Å². The minimum absolute atomic E-state index is 0.000983. The molecule has 0 heterocycles. The summed E-state index contributed by atoms with van der Waals surface area (Å²) in [5.41, 5.74) is 11.6. The van der Waals surface area contributed by atoms with E-state index in [1.54, 1.807) is 0 Å². The van der Waals surface area contributed by atoms with Crippen LogP contribution in [0.15, 0.2) is 24.3 Å². The highest BCUT2D eigenvalue weighted by Gasteiger charge is 2.31. The van der Waals surface area contributed by atoms with Crippen LogP contribution < -0.4 is 27.4 Å². The second kappa shape index (κ2) is 15.5. The Kier molecular flexibility index (Phi) is 12.8. The van der Waals surface area contributed by atoms with Crippen molar-refractivity contribution in [2.24, 2.45) is 11.5 Å². The van der Waals surface area contributed by atoms with Crippen LogP contribution in [0, 0.1) is 0 Å². The summed E-state index contributed by atoms with van der Waals surface area (Å²) in [6.07, 6.45) is -2.89. The third-order valence-corrected chi connectivity index (χ3v) is 5.31. The van der Waals surface area contributed by atoms with Gasteiger partial charge in [0.05, 0.1) is 12.5 Å². The minimum Gasteiger partial charge on any atom is -0.508 e. The van der Waals surface area contributed by atoms with Crippen LogP contribution in [-0.4, -0.2) is 86.1 Å². The number of amides is 4. The molecule has 1 aromatic rings. The van der Waals surface area contributed by atoms with Crippen LogP contribution in [0.1, 0.15) is 37.7 Å². The second-order valence-electron chi connectivity index (χ2n) is 8.53. The standard InChI is InChI=1S/C23H31N5O11/c24-13(9-11-1-3-12(29)4-2-11)20(35)26-14(5-7-18(31)32)21(36)28-16(10-17(25)30)22(37)27-15(23(38)39)6-8-19(33)34/h1-4,13-16,29H,5-10,24H2,(H2,25,30)(H,26,35)(H,27,37)(H,28,36)(H,31,32)(H,33,34)(H,38,39). The molecule has 0 aliphatic carbocycles. The van der Waals surface area contributed by atoms with E-state index in [0.717, 1.165) is 0 Å². The summed E-state index contributed by atoms with van der Waals surface area (Å²) >= 11 is 0. The van der Waals surface area contributed by atoms with Crippen molar-refractivity contribution < 1.29 is 54.0 Å². The van der Waals surface area contributed by atoms with Gasteiger partial charge in [0.15, 0.2) is 0 Å². The molecule has 0 spiro atoms. The number of hydrogen-bond donors (Lipinski definition) is 9. The molecule has 0 aliphatic rings. The van der Waals surface area contributed by atoms with E-state index >= 15 is 0 Å². The zero-order valence-corrected chi connectivity index (χ0v) is 20.7. The number of aromatic hydroxyl groups is 1. The number of carbonyl (C=O) groups excluding carboxylic acids is 4. The molecule has 4 unspecified atom stereocenters. The van der Waals surface area contributed by atoms with Crippen molar-refractivity contribution in [1.82, 2.24) is 16.0 Å². The van der Waals surface area contributed by atoms with E-state index in [9.17, 15) is 43.8 Å². The summed E-state index contributed by atoms with van der Waals surface area (Å²) in [4.78, 5) is 82.9. The maximum absolute atomic E-state index is 12.9. The normalized spacial score (nSPS) is 13.7. The molecular weight excluding hydrogens is 522 g/mol. The molecular formula is C23H31N5O11. The van der Waals surface area contributed by atoms with E-state index in [0.29, 0.717) is 5.56 Å². The van der Waals surface area contributed by atoms with Gasteiger partial charge in [0, 0.05) is 12.8 Å². The third kappa shape index (κ3) is 12.4. The number of primary amides is 1. The fourth-order valence-electron chi connectivity index (χ4n) is 3.27. The van der Waals surface area contributed by atoms with Crippen LogP contribution in [0.4, 0.5) is 0 Å². The SMILES string of the molecule is NC(=O)CC(NC(=O)C(CCC(=O)O)NC(=O)C(N)Cc1ccc(O)cc1)C(=O)NC(CCC(=O)O)C(=O)O. The first-order chi connectivity index (χ1) is 18.2. The summed E-state index contributed by atoms with van der Waals surface area (Å²) in [7, 11) is 0. The van der Waals surface area contributed by atoms with E-state index in [1.165, 1.54) is 24.3 Å². The largest absolute Gasteiger partial charge is 0.508 e. The topological polar surface area (TPSA) is 289 Å². The maximum Gasteiger partial charge on any atom is 0.326 e. The Hall–Kier alpha value is -4.73. The summed E-state index contributed by atoms with van der Waals surface area (Å²) in [6.45, 7) is 0. The summed E-state index contributed by atoms with van der Waals surface area (Å²) in [6, 6.07) is -0.309. The first-order valence-corrected chi connectivity index (χ1v) is 11.6. The highest BCUT2D eigenvalue weighted by Crippen LogP contribution is 2.11. The molecule has 11 N–H and O–H groups in total. The number of rotatable bonds is 17. The molecule has 1 aromatic carbocycles. The number of carbonyl (C=O) groups is 7. The van der Waals surface area contributed by atoms with Gasteiger partial charge in [0.2, 0.25) is 23.6 Å². The highest BCUT2D eigenvalue weighted by atomic mass is 16.4. The first-order valence-electron chi connectivity index (χ1n) is 11.6. The van der Waals surface area contributed by atoms with E-state index in [-0.39, 0.29) is 12.2 Å². The number of carboxylic acids is 3. The molecule has 0 aromatic heterocycles. The lowest BCUT2D eigenvalue weighted by Gasteiger charge is -2.24. The molecule has 0 bridgehead atoms. The lowest BCUT2D eigenvalue weighted by atomic mass is 10.0. The fraction of sp³-hybridized carbons (Fsp3) is 0.435. The Morgan fingerprint density at radius 3 is 1.67 bits per heavy atom. The van der Waals surface area contributed by atoms with Gasteiger partial charge in [-0.2, -0.15) is 0 Å². The van der Waals surface area contributed by atoms with Gasteiger partial charge >= 0.3 is 17.9 Å². The Morgan fingerprint density at radius 2 is 1.18 bits per heavy atom. The third-order valence-electron chi connectivity index (χ3n) is 5.31. The molecule has 0 saturated heterocycles. The Morgan fingerprint density at radius 1 is 0.718 bits per heavy atom. The molecule has 1 rings (SSSR count). The van der Waals surface area contributed by atoms with Gasteiger partial charge < -0.3 is 47.8 Å². The van der Waals surface area contributed by atoms with Crippen LogP contribution in [-0.2, 0) is 40.0 Å². The maximum atomic E-state index is 12.9. The van der Waals surface area contributed by atoms with Crippen LogP contribution in [0.2, 0.25) is 0 Å². The second-order valence-corrected chi connectivity index (χ2v) is 8.53. The zero-order chi connectivity index (χ0) is 29.7. The fourth-order valence-corrected chi connectivity index (χ4v) is 3.27. The number of phenols is 1. The number of carboxylic acid groups (broad SMARTS) is 3. The molecule has 214 valence electrons. The Labute approximate surface area is 221 Å². The van der Waals surface area contributed by atoms with Gasteiger partial charge in [-0.1, -0.05) is 12.1 Å². The monoisotopic (exact) mass is 553 g/mol. The van der Waals surface area contributed by atoms with Gasteiger partial charge in [0.1, 0.15) is 23.9 Å². The lowest BCUT2D eigenvalue weighted by molar-refractivity contribution is -0.143. The first kappa shape index (κ1) is 32.3. The van der Waals surface area contributed by atoms with Gasteiger partial charge in [-0.15, -0.1) is 0 Å². The quantitative estimate of drug-likeness (QED) is 0.0960. The average Bonchev–Trinajstić information content (AvgIpc) is 2.84. The van der Waals surface area contributed by atoms with Gasteiger partial charge in [0.25, 0.3) is 0 Å². The smallest absolute Gasteiger partial charge is 0.326 e. The van der Waals surface area contributed by atoms with Gasteiger partial charge in [-0.3, -0.25) is 28.8 Å². The summed E-state index contributed by atoms with van der Waals surface area (Å²) in [5, 5.41) is 42.9. The molecule has 16 heteroatoms. The number of nitrogens with one attached hydrogen (secondary N) is 3. The molecule has 39 heavy (non-hydrogen) atoms. The predicted octanol–water partition coefficient (Wildman–Crippen LogP) is -2.59. The van der Waals surface area contributed by atoms with Crippen molar-refractivity contribution in [3.8, 4) is 5.75 Å². The molecule has 0 aliphatic heterocycles. The summed E-state index contributed by atoms with van der Waals surface area (Å²) in [5.74, 6) is -8.36. The van der Waals surface area contributed by atoms with Crippen molar-refractivity contribution in [2.45, 2.75) is 62.7 Å². The van der Waals surface area contributed by atoms with Crippen LogP contribution >= 0.6 is 0 Å². The number of benzene rings is 1. The lowest BCUT2D eigenvalue weighted by Crippen LogP contribution is -2.58. The zero-order valence-electron chi connectivity index (χ0n) is 20.7. The van der Waals surface area contributed by atoms with Gasteiger partial charge in [-0.05, 0) is 37.0 Å². The number of aliphatic carboxylic acids is 3. The van der Waals surface area contributed by atoms with E-state index < -0.39 is 97.8 Å². The van der Waals surface area contributed by atoms with Crippen molar-refractivity contribution in [3.05, 3.63) is 29.8 Å². The van der Waals surface area contributed by atoms with E-state index in [2.05, 4.69) is 10.6 Å². The summed E-state index contributed by atoms with van der Waals surface area (Å²) < 4.78 is 0. The molecule has 16 nitrogen and oxygen atoms in total. The van der Waals surface area contributed by atoms with Crippen LogP contribution in [0.25, 0.3) is 0 Å². The minimum atomic E-state index is -1.73.